The first-order valence-electron chi connectivity index (χ1n) is 7.96. The van der Waals surface area contributed by atoms with Crippen molar-refractivity contribution >= 4 is 0 Å². The molecule has 1 nitrogen and oxygen atoms in total. The highest BCUT2D eigenvalue weighted by atomic mass is 16.5. The molecule has 0 saturated heterocycles. The van der Waals surface area contributed by atoms with E-state index in [1.54, 1.807) is 0 Å². The summed E-state index contributed by atoms with van der Waals surface area (Å²) in [6.07, 6.45) is 8.20. The first kappa shape index (κ1) is 14.6. The highest BCUT2D eigenvalue weighted by Crippen LogP contribution is 2.32. The van der Waals surface area contributed by atoms with Gasteiger partial charge in [-0.15, -0.1) is 0 Å². The van der Waals surface area contributed by atoms with E-state index in [4.69, 9.17) is 4.74 Å². The Morgan fingerprint density at radius 3 is 2.42 bits per heavy atom. The van der Waals surface area contributed by atoms with E-state index in [0.29, 0.717) is 5.92 Å². The van der Waals surface area contributed by atoms with Gasteiger partial charge in [0.25, 0.3) is 0 Å². The molecule has 2 rings (SSSR count). The minimum absolute atomic E-state index is 0.668. The molecular weight excluding hydrogens is 232 g/mol. The molecule has 0 heterocycles. The molecule has 1 saturated carbocycles. The van der Waals surface area contributed by atoms with Crippen LogP contribution in [0.25, 0.3) is 0 Å². The molecule has 1 fully saturated rings. The van der Waals surface area contributed by atoms with Crippen LogP contribution < -0.4 is 0 Å². The summed E-state index contributed by atoms with van der Waals surface area (Å²) in [4.78, 5) is 0. The fourth-order valence-corrected chi connectivity index (χ4v) is 2.82. The summed E-state index contributed by atoms with van der Waals surface area (Å²) in [5.41, 5.74) is 2.84. The molecule has 106 valence electrons. The van der Waals surface area contributed by atoms with E-state index >= 15 is 0 Å². The second-order valence-corrected chi connectivity index (χ2v) is 6.11. The number of rotatable bonds is 6. The van der Waals surface area contributed by atoms with Crippen molar-refractivity contribution in [1.82, 2.24) is 0 Å². The van der Waals surface area contributed by atoms with Crippen LogP contribution in [0.2, 0.25) is 0 Å². The van der Waals surface area contributed by atoms with Crippen LogP contribution >= 0.6 is 0 Å². The summed E-state index contributed by atoms with van der Waals surface area (Å²) in [7, 11) is 0. The average Bonchev–Trinajstić information content (AvgIpc) is 2.48. The van der Waals surface area contributed by atoms with Gasteiger partial charge in [0.2, 0.25) is 0 Å². The zero-order valence-corrected chi connectivity index (χ0v) is 12.5. The Labute approximate surface area is 118 Å². The van der Waals surface area contributed by atoms with Gasteiger partial charge in [0.15, 0.2) is 0 Å². The molecule has 19 heavy (non-hydrogen) atoms. The maximum Gasteiger partial charge on any atom is 0.0717 e. The van der Waals surface area contributed by atoms with Crippen molar-refractivity contribution in [1.29, 1.82) is 0 Å². The normalized spacial score (nSPS) is 18.4. The Hall–Kier alpha value is -0.820. The predicted octanol–water partition coefficient (Wildman–Crippen LogP) is 5.30. The molecule has 0 aliphatic heterocycles. The lowest BCUT2D eigenvalue weighted by molar-refractivity contribution is 0.0910. The van der Waals surface area contributed by atoms with Crippen LogP contribution in [0.5, 0.6) is 0 Å². The Morgan fingerprint density at radius 2 is 1.79 bits per heavy atom. The van der Waals surface area contributed by atoms with Gasteiger partial charge >= 0.3 is 0 Å². The fraction of sp³-hybridized carbons (Fsp3) is 0.667. The van der Waals surface area contributed by atoms with Crippen molar-refractivity contribution in [3.8, 4) is 0 Å². The quantitative estimate of drug-likeness (QED) is 0.674. The van der Waals surface area contributed by atoms with Gasteiger partial charge in [-0.2, -0.15) is 0 Å². The second kappa shape index (κ2) is 7.69. The van der Waals surface area contributed by atoms with Gasteiger partial charge in [0, 0.05) is 6.61 Å². The van der Waals surface area contributed by atoms with Crippen molar-refractivity contribution in [2.75, 3.05) is 6.61 Å². The summed E-state index contributed by atoms with van der Waals surface area (Å²) in [6.45, 7) is 6.09. The zero-order chi connectivity index (χ0) is 13.5. The highest BCUT2D eigenvalue weighted by molar-refractivity contribution is 5.25. The predicted molar refractivity (Wildman–Crippen MR) is 81.4 cm³/mol. The van der Waals surface area contributed by atoms with Gasteiger partial charge < -0.3 is 4.74 Å². The van der Waals surface area contributed by atoms with Crippen molar-refractivity contribution in [2.45, 2.75) is 64.9 Å². The average molecular weight is 260 g/mol. The number of benzene rings is 1. The number of hydrogen-bond acceptors (Lipinski definition) is 1. The van der Waals surface area contributed by atoms with Gasteiger partial charge in [-0.25, -0.2) is 0 Å². The van der Waals surface area contributed by atoms with Gasteiger partial charge in [-0.3, -0.25) is 0 Å². The minimum atomic E-state index is 0.668. The molecule has 1 aromatic rings. The lowest BCUT2D eigenvalue weighted by Gasteiger charge is -2.22. The molecule has 1 atom stereocenters. The first-order valence-corrected chi connectivity index (χ1v) is 7.96. The van der Waals surface area contributed by atoms with Crippen LogP contribution in [0.1, 0.15) is 69.4 Å². The van der Waals surface area contributed by atoms with Crippen molar-refractivity contribution in [3.05, 3.63) is 35.4 Å². The molecule has 0 N–H and O–H groups in total. The molecule has 1 aromatic carbocycles. The molecule has 1 unspecified atom stereocenters. The largest absolute Gasteiger partial charge is 0.376 e. The van der Waals surface area contributed by atoms with E-state index < -0.39 is 0 Å². The van der Waals surface area contributed by atoms with Crippen LogP contribution in [-0.4, -0.2) is 6.61 Å². The standard InChI is InChI=1S/C18H28O/c1-3-15(2)13-19-14-16-9-11-18(12-10-16)17-7-5-4-6-8-17/h9-12,15,17H,3-8,13-14H2,1-2H3. The number of ether oxygens (including phenoxy) is 1. The molecule has 0 bridgehead atoms. The summed E-state index contributed by atoms with van der Waals surface area (Å²) in [5, 5.41) is 0. The van der Waals surface area contributed by atoms with E-state index in [-0.39, 0.29) is 0 Å². The van der Waals surface area contributed by atoms with E-state index in [1.807, 2.05) is 0 Å². The molecular formula is C18H28O. The Kier molecular flexibility index (Phi) is 5.91. The first-order chi connectivity index (χ1) is 9.29. The van der Waals surface area contributed by atoms with Crippen molar-refractivity contribution < 1.29 is 4.74 Å². The molecule has 1 aliphatic carbocycles. The fourth-order valence-electron chi connectivity index (χ4n) is 2.82. The maximum atomic E-state index is 5.76. The third kappa shape index (κ3) is 4.65. The van der Waals surface area contributed by atoms with E-state index in [1.165, 1.54) is 49.7 Å². The second-order valence-electron chi connectivity index (χ2n) is 6.11. The monoisotopic (exact) mass is 260 g/mol. The van der Waals surface area contributed by atoms with Crippen LogP contribution in [0.4, 0.5) is 0 Å². The smallest absolute Gasteiger partial charge is 0.0717 e. The van der Waals surface area contributed by atoms with Gasteiger partial charge in [-0.1, -0.05) is 63.8 Å². The van der Waals surface area contributed by atoms with Gasteiger partial charge in [-0.05, 0) is 35.8 Å². The van der Waals surface area contributed by atoms with Crippen molar-refractivity contribution in [3.63, 3.8) is 0 Å². The van der Waals surface area contributed by atoms with E-state index in [0.717, 1.165) is 19.1 Å². The van der Waals surface area contributed by atoms with Gasteiger partial charge in [0.1, 0.15) is 0 Å². The third-order valence-corrected chi connectivity index (χ3v) is 4.42. The SMILES string of the molecule is CCC(C)COCc1ccc(C2CCCCC2)cc1. The summed E-state index contributed by atoms with van der Waals surface area (Å²) >= 11 is 0. The molecule has 0 radical (unpaired) electrons. The van der Waals surface area contributed by atoms with Crippen LogP contribution in [0.3, 0.4) is 0 Å². The summed E-state index contributed by atoms with van der Waals surface area (Å²) < 4.78 is 5.76. The molecule has 0 spiro atoms. The zero-order valence-electron chi connectivity index (χ0n) is 12.5. The third-order valence-electron chi connectivity index (χ3n) is 4.42. The van der Waals surface area contributed by atoms with E-state index in [9.17, 15) is 0 Å². The van der Waals surface area contributed by atoms with E-state index in [2.05, 4.69) is 38.1 Å². The van der Waals surface area contributed by atoms with Gasteiger partial charge in [0.05, 0.1) is 6.61 Å². The maximum absolute atomic E-state index is 5.76. The highest BCUT2D eigenvalue weighted by Gasteiger charge is 2.14. The molecule has 0 aromatic heterocycles. The van der Waals surface area contributed by atoms with Crippen LogP contribution in [0, 0.1) is 5.92 Å². The summed E-state index contributed by atoms with van der Waals surface area (Å²) in [5.74, 6) is 1.48. The Morgan fingerprint density at radius 1 is 1.11 bits per heavy atom. The summed E-state index contributed by atoms with van der Waals surface area (Å²) in [6, 6.07) is 9.14. The minimum Gasteiger partial charge on any atom is -0.376 e. The molecule has 1 heteroatoms. The lowest BCUT2D eigenvalue weighted by atomic mass is 9.84. The Balaban J connectivity index is 1.80. The molecule has 0 amide bonds. The van der Waals surface area contributed by atoms with Crippen LogP contribution in [-0.2, 0) is 11.3 Å². The van der Waals surface area contributed by atoms with Crippen molar-refractivity contribution in [2.24, 2.45) is 5.92 Å². The lowest BCUT2D eigenvalue weighted by Crippen LogP contribution is -2.06. The van der Waals surface area contributed by atoms with Crippen LogP contribution in [0.15, 0.2) is 24.3 Å². The Bertz CT molecular complexity index is 348. The topological polar surface area (TPSA) is 9.23 Å². The number of hydrogen-bond donors (Lipinski definition) is 0. The molecule has 1 aliphatic rings.